The molecule has 0 aromatic rings. The molecule has 0 aromatic carbocycles. The molecule has 0 spiro atoms. The summed E-state index contributed by atoms with van der Waals surface area (Å²) in [4.78, 5) is 10.7. The van der Waals surface area contributed by atoms with Gasteiger partial charge in [-0.05, 0) is 0 Å². The number of rotatable bonds is 4. The third-order valence-corrected chi connectivity index (χ3v) is 1.69. The lowest BCUT2D eigenvalue weighted by molar-refractivity contribution is -0.133. The molecule has 0 amide bonds. The van der Waals surface area contributed by atoms with E-state index in [4.69, 9.17) is 10.2 Å². The zero-order valence-electron chi connectivity index (χ0n) is 5.27. The normalized spacial score (nSPS) is 16.4. The van der Waals surface area contributed by atoms with Gasteiger partial charge in [0.05, 0.1) is 0 Å². The first-order valence-corrected chi connectivity index (χ1v) is 4.01. The quantitative estimate of drug-likeness (QED) is 0.428. The van der Waals surface area contributed by atoms with E-state index in [0.29, 0.717) is 0 Å². The van der Waals surface area contributed by atoms with Crippen LogP contribution in [0.5, 0.6) is 0 Å². The predicted molar refractivity (Wildman–Crippen MR) is 44.7 cm³/mol. The number of ketones is 1. The van der Waals surface area contributed by atoms with Gasteiger partial charge < -0.3 is 10.2 Å². The summed E-state index contributed by atoms with van der Waals surface area (Å²) in [5.41, 5.74) is 0. The number of thiol groups is 2. The van der Waals surface area contributed by atoms with E-state index in [1.807, 2.05) is 0 Å². The Kier molecular flexibility index (Phi) is 5.15. The Bertz CT molecular complexity index is 105. The minimum atomic E-state index is -1.18. The van der Waals surface area contributed by atoms with Gasteiger partial charge in [-0.15, -0.1) is 0 Å². The van der Waals surface area contributed by atoms with Crippen LogP contribution in [0.2, 0.25) is 0 Å². The molecule has 2 atom stereocenters. The van der Waals surface area contributed by atoms with Crippen LogP contribution in [0.4, 0.5) is 0 Å². The summed E-state index contributed by atoms with van der Waals surface area (Å²) in [7, 11) is 0. The number of carbonyl (C=O) groups excluding carboxylic acids is 1. The molecule has 0 aromatic heterocycles. The fourth-order valence-electron chi connectivity index (χ4n) is 0.402. The van der Waals surface area contributed by atoms with Gasteiger partial charge in [-0.25, -0.2) is 0 Å². The molecule has 0 heterocycles. The SMILES string of the molecule is O=C(C(O)CS)C(O)CS. The molecular weight excluding hydrogens is 172 g/mol. The van der Waals surface area contributed by atoms with E-state index in [0.717, 1.165) is 0 Å². The maximum absolute atomic E-state index is 10.7. The fraction of sp³-hybridized carbons (Fsp3) is 0.800. The van der Waals surface area contributed by atoms with Crippen molar-refractivity contribution in [3.8, 4) is 0 Å². The van der Waals surface area contributed by atoms with Crippen LogP contribution in [0.1, 0.15) is 0 Å². The summed E-state index contributed by atoms with van der Waals surface area (Å²) in [6.07, 6.45) is -2.35. The van der Waals surface area contributed by atoms with Crippen molar-refractivity contribution >= 4 is 31.0 Å². The molecule has 60 valence electrons. The molecule has 0 aliphatic heterocycles. The number of carbonyl (C=O) groups is 1. The summed E-state index contributed by atoms with van der Waals surface area (Å²) in [5, 5.41) is 17.6. The van der Waals surface area contributed by atoms with Gasteiger partial charge in [0.15, 0.2) is 5.78 Å². The maximum atomic E-state index is 10.7. The van der Waals surface area contributed by atoms with Crippen molar-refractivity contribution in [3.05, 3.63) is 0 Å². The van der Waals surface area contributed by atoms with Crippen LogP contribution in [-0.2, 0) is 4.79 Å². The Hall–Kier alpha value is 0.290. The molecule has 3 nitrogen and oxygen atoms in total. The lowest BCUT2D eigenvalue weighted by atomic mass is 10.2. The molecule has 0 radical (unpaired) electrons. The lowest BCUT2D eigenvalue weighted by Gasteiger charge is -2.09. The van der Waals surface area contributed by atoms with Crippen molar-refractivity contribution < 1.29 is 15.0 Å². The highest BCUT2D eigenvalue weighted by Gasteiger charge is 2.20. The van der Waals surface area contributed by atoms with Gasteiger partial charge in [0.1, 0.15) is 12.2 Å². The van der Waals surface area contributed by atoms with Gasteiger partial charge in [0.25, 0.3) is 0 Å². The highest BCUT2D eigenvalue weighted by molar-refractivity contribution is 7.80. The second-order valence-corrected chi connectivity index (χ2v) is 2.53. The van der Waals surface area contributed by atoms with E-state index in [-0.39, 0.29) is 11.5 Å². The molecule has 0 saturated heterocycles. The summed E-state index contributed by atoms with van der Waals surface area (Å²) in [6.45, 7) is 0. The summed E-state index contributed by atoms with van der Waals surface area (Å²) < 4.78 is 0. The van der Waals surface area contributed by atoms with Crippen molar-refractivity contribution in [1.29, 1.82) is 0 Å². The number of hydrogen-bond acceptors (Lipinski definition) is 5. The van der Waals surface area contributed by atoms with Gasteiger partial charge in [-0.3, -0.25) is 4.79 Å². The van der Waals surface area contributed by atoms with Crippen LogP contribution >= 0.6 is 25.3 Å². The first-order valence-electron chi connectivity index (χ1n) is 2.75. The minimum absolute atomic E-state index is 0.0314. The number of aliphatic hydroxyl groups excluding tert-OH is 2. The molecule has 0 aliphatic carbocycles. The average molecular weight is 182 g/mol. The Morgan fingerprint density at radius 2 is 1.50 bits per heavy atom. The molecule has 2 unspecified atom stereocenters. The molecule has 10 heavy (non-hydrogen) atoms. The summed E-state index contributed by atoms with van der Waals surface area (Å²) >= 11 is 7.36. The Morgan fingerprint density at radius 1 is 1.20 bits per heavy atom. The maximum Gasteiger partial charge on any atom is 0.191 e. The summed E-state index contributed by atoms with van der Waals surface area (Å²) in [5.74, 6) is -0.558. The van der Waals surface area contributed by atoms with Crippen LogP contribution in [0.15, 0.2) is 0 Å². The van der Waals surface area contributed by atoms with Crippen LogP contribution in [0.25, 0.3) is 0 Å². The monoisotopic (exact) mass is 182 g/mol. The number of aliphatic hydroxyl groups is 2. The van der Waals surface area contributed by atoms with Crippen molar-refractivity contribution in [3.63, 3.8) is 0 Å². The largest absolute Gasteiger partial charge is 0.384 e. The van der Waals surface area contributed by atoms with Crippen LogP contribution < -0.4 is 0 Å². The second-order valence-electron chi connectivity index (χ2n) is 1.80. The highest BCUT2D eigenvalue weighted by atomic mass is 32.1. The van der Waals surface area contributed by atoms with E-state index < -0.39 is 18.0 Å². The molecule has 0 aliphatic rings. The smallest absolute Gasteiger partial charge is 0.191 e. The summed E-state index contributed by atoms with van der Waals surface area (Å²) in [6, 6.07) is 0. The zero-order valence-corrected chi connectivity index (χ0v) is 7.05. The lowest BCUT2D eigenvalue weighted by Crippen LogP contribution is -2.34. The molecule has 0 fully saturated rings. The van der Waals surface area contributed by atoms with Crippen LogP contribution in [-0.4, -0.2) is 39.7 Å². The van der Waals surface area contributed by atoms with E-state index in [1.165, 1.54) is 0 Å². The first-order chi connectivity index (χ1) is 4.63. The van der Waals surface area contributed by atoms with Crippen LogP contribution in [0, 0.1) is 0 Å². The fourth-order valence-corrected chi connectivity index (χ4v) is 0.762. The third-order valence-electron chi connectivity index (χ3n) is 1.00. The topological polar surface area (TPSA) is 57.5 Å². The van der Waals surface area contributed by atoms with Crippen LogP contribution in [0.3, 0.4) is 0 Å². The van der Waals surface area contributed by atoms with Gasteiger partial charge in [0.2, 0.25) is 0 Å². The zero-order chi connectivity index (χ0) is 8.15. The van der Waals surface area contributed by atoms with Crippen molar-refractivity contribution in [2.45, 2.75) is 12.2 Å². The Balaban J connectivity index is 3.82. The van der Waals surface area contributed by atoms with E-state index >= 15 is 0 Å². The molecule has 5 heteroatoms. The standard InChI is InChI=1S/C5H10O3S2/c6-3(1-9)5(8)4(7)2-10/h3-4,6-7,9-10H,1-2H2. The molecule has 0 rings (SSSR count). The number of Topliss-reactive ketones (excluding diaryl/α,β-unsaturated/α-hetero) is 1. The first kappa shape index (κ1) is 10.3. The van der Waals surface area contributed by atoms with E-state index in [1.54, 1.807) is 0 Å². The predicted octanol–water partition coefficient (Wildman–Crippen LogP) is -0.863. The second kappa shape index (κ2) is 5.01. The molecule has 0 saturated carbocycles. The minimum Gasteiger partial charge on any atom is -0.384 e. The Morgan fingerprint density at radius 3 is 1.70 bits per heavy atom. The molecule has 2 N–H and O–H groups in total. The number of hydrogen-bond donors (Lipinski definition) is 4. The van der Waals surface area contributed by atoms with Crippen molar-refractivity contribution in [1.82, 2.24) is 0 Å². The van der Waals surface area contributed by atoms with Gasteiger partial charge in [0, 0.05) is 11.5 Å². The van der Waals surface area contributed by atoms with Gasteiger partial charge in [-0.1, -0.05) is 0 Å². The van der Waals surface area contributed by atoms with E-state index in [2.05, 4.69) is 25.3 Å². The Labute approximate surface area is 70.3 Å². The van der Waals surface area contributed by atoms with Crippen molar-refractivity contribution in [2.75, 3.05) is 11.5 Å². The average Bonchev–Trinajstić information content (AvgIpc) is 2.00. The third kappa shape index (κ3) is 2.92. The van der Waals surface area contributed by atoms with Gasteiger partial charge >= 0.3 is 0 Å². The molecular formula is C5H10O3S2. The van der Waals surface area contributed by atoms with Crippen molar-refractivity contribution in [2.24, 2.45) is 0 Å². The molecule has 0 bridgehead atoms. The van der Waals surface area contributed by atoms with E-state index in [9.17, 15) is 4.79 Å². The van der Waals surface area contributed by atoms with Gasteiger partial charge in [-0.2, -0.15) is 25.3 Å². The highest BCUT2D eigenvalue weighted by Crippen LogP contribution is 1.96.